The van der Waals surface area contributed by atoms with Gasteiger partial charge in [0.15, 0.2) is 5.92 Å². The van der Waals surface area contributed by atoms with E-state index in [4.69, 9.17) is 10.2 Å². The average molecular weight is 391 g/mol. The van der Waals surface area contributed by atoms with Crippen molar-refractivity contribution in [2.24, 2.45) is 5.92 Å². The zero-order valence-corrected chi connectivity index (χ0v) is 18.6. The van der Waals surface area contributed by atoms with Gasteiger partial charge < -0.3 is 13.1 Å². The molecule has 1 rings (SSSR count). The van der Waals surface area contributed by atoms with Crippen LogP contribution in [-0.4, -0.2) is 45.2 Å². The maximum absolute atomic E-state index is 10.2. The van der Waals surface area contributed by atoms with Gasteiger partial charge in [-0.05, 0) is 24.8 Å². The summed E-state index contributed by atoms with van der Waals surface area (Å²) in [7, 11) is 0. The van der Waals surface area contributed by atoms with Gasteiger partial charge in [-0.15, -0.1) is 0 Å². The number of carbonyl (C=O) groups is 2. The Hall–Kier alpha value is -1.07. The van der Waals surface area contributed by atoms with Gasteiger partial charge in [0.05, 0.1) is 0 Å². The van der Waals surface area contributed by atoms with Crippen molar-refractivity contribution in [3.8, 4) is 0 Å². The monoisotopic (exact) mass is 390 g/mol. The first-order valence-corrected chi connectivity index (χ1v) is 10.0. The second kappa shape index (κ2) is 19.7. The molecule has 0 saturated carbocycles. The molecule has 0 aliphatic rings. The van der Waals surface area contributed by atoms with E-state index in [0.717, 1.165) is 0 Å². The fraction of sp³-hybridized carbons (Fsp3) is 0.636. The number of carboxylic acids is 2. The van der Waals surface area contributed by atoms with Crippen molar-refractivity contribution in [1.82, 2.24) is 0 Å². The van der Waals surface area contributed by atoms with Crippen LogP contribution in [0.25, 0.3) is 0 Å². The Kier molecular flexibility index (Phi) is 20.5. The molecule has 0 aliphatic carbocycles. The molecular formula is C22H38MgO4. The molecule has 0 heterocycles. The number of aliphatic carboxylic acids is 2. The molecule has 1 aromatic carbocycles. The minimum Gasteiger partial charge on any atom is -1.00 e. The molecule has 0 spiro atoms. The van der Waals surface area contributed by atoms with E-state index in [-0.39, 0.29) is 32.3 Å². The molecule has 0 fully saturated rings. The van der Waals surface area contributed by atoms with Gasteiger partial charge in [-0.25, -0.2) is 0 Å². The van der Waals surface area contributed by atoms with Crippen LogP contribution >= 0.6 is 0 Å². The molecule has 0 radical (unpaired) electrons. The number of hydrogen-bond acceptors (Lipinski definition) is 2. The third-order valence-corrected chi connectivity index (χ3v) is 4.34. The van der Waals surface area contributed by atoms with E-state index in [2.05, 4.69) is 37.3 Å². The molecule has 0 aliphatic heterocycles. The molecule has 0 atom stereocenters. The Bertz CT molecular complexity index is 473. The maximum atomic E-state index is 10.2. The molecular weight excluding hydrogens is 353 g/mol. The quantitative estimate of drug-likeness (QED) is 0.254. The predicted octanol–water partition coefficient (Wildman–Crippen LogP) is 5.79. The van der Waals surface area contributed by atoms with E-state index in [0.29, 0.717) is 6.42 Å². The van der Waals surface area contributed by atoms with Crippen LogP contribution in [0.5, 0.6) is 0 Å². The third kappa shape index (κ3) is 16.8. The molecule has 2 N–H and O–H groups in total. The van der Waals surface area contributed by atoms with Gasteiger partial charge in [-0.2, -0.15) is 0 Å². The van der Waals surface area contributed by atoms with Gasteiger partial charge >= 0.3 is 35.0 Å². The molecule has 0 saturated heterocycles. The van der Waals surface area contributed by atoms with Crippen molar-refractivity contribution in [1.29, 1.82) is 0 Å². The van der Waals surface area contributed by atoms with Gasteiger partial charge in [-0.1, -0.05) is 95.5 Å². The van der Waals surface area contributed by atoms with Crippen LogP contribution in [0.15, 0.2) is 30.3 Å². The minimum absolute atomic E-state index is 0. The normalized spacial score (nSPS) is 9.89. The number of unbranched alkanes of at least 4 members (excludes halogenated alkanes) is 7. The maximum Gasteiger partial charge on any atom is 2.00 e. The fourth-order valence-corrected chi connectivity index (χ4v) is 2.75. The zero-order chi connectivity index (χ0) is 19.6. The third-order valence-electron chi connectivity index (χ3n) is 4.34. The van der Waals surface area contributed by atoms with E-state index in [1.165, 1.54) is 63.4 Å². The molecule has 0 amide bonds. The molecule has 152 valence electrons. The van der Waals surface area contributed by atoms with Gasteiger partial charge in [-0.3, -0.25) is 9.59 Å². The van der Waals surface area contributed by atoms with Gasteiger partial charge in [0.1, 0.15) is 0 Å². The van der Waals surface area contributed by atoms with Gasteiger partial charge in [0.25, 0.3) is 0 Å². The number of rotatable bonds is 13. The second-order valence-corrected chi connectivity index (χ2v) is 6.73. The van der Waals surface area contributed by atoms with Crippen molar-refractivity contribution >= 4 is 35.0 Å². The van der Waals surface area contributed by atoms with E-state index < -0.39 is 17.9 Å². The molecule has 0 unspecified atom stereocenters. The number of hydrogen-bond donors (Lipinski definition) is 2. The molecule has 5 heteroatoms. The van der Waals surface area contributed by atoms with Crippen LogP contribution in [0.2, 0.25) is 0 Å². The topological polar surface area (TPSA) is 74.6 Å². The fourth-order valence-electron chi connectivity index (χ4n) is 2.75. The molecule has 1 aromatic rings. The van der Waals surface area contributed by atoms with E-state index in [1.54, 1.807) is 6.92 Å². The Morgan fingerprint density at radius 1 is 0.815 bits per heavy atom. The summed E-state index contributed by atoms with van der Waals surface area (Å²) in [6.45, 7) is 4.03. The van der Waals surface area contributed by atoms with Crippen molar-refractivity contribution in [3.63, 3.8) is 0 Å². The van der Waals surface area contributed by atoms with Crippen molar-refractivity contribution in [2.45, 2.75) is 84.5 Å². The standard InChI is InChI=1S/C16H26.C6H10O4.Mg.2H/c1-2-3-4-5-6-7-8-10-13-16-14-11-9-12-15-16;1-2-3-4(5(7)8)6(9)10;;;/h9,11-12,14-15H,2-8,10,13H2,1H3;4H,2-3H2,1H3,(H,7,8)(H,9,10);;;/q;;+2;2*-1. The zero-order valence-electron chi connectivity index (χ0n) is 19.2. The van der Waals surface area contributed by atoms with Crippen LogP contribution in [0, 0.1) is 5.92 Å². The van der Waals surface area contributed by atoms with Gasteiger partial charge in [0, 0.05) is 0 Å². The van der Waals surface area contributed by atoms with Crippen LogP contribution in [0.4, 0.5) is 0 Å². The number of carboxylic acid groups (broad SMARTS) is 2. The first-order valence-electron chi connectivity index (χ1n) is 10.0. The SMILES string of the molecule is CCCC(C(=O)O)C(=O)O.CCCCCCCCCCc1ccccc1.[H-].[H-].[Mg+2]. The Morgan fingerprint density at radius 3 is 1.70 bits per heavy atom. The van der Waals surface area contributed by atoms with E-state index in [9.17, 15) is 9.59 Å². The smallest absolute Gasteiger partial charge is 1.00 e. The largest absolute Gasteiger partial charge is 2.00 e. The van der Waals surface area contributed by atoms with Crippen molar-refractivity contribution in [2.75, 3.05) is 0 Å². The van der Waals surface area contributed by atoms with Gasteiger partial charge in [0.2, 0.25) is 0 Å². The summed E-state index contributed by atoms with van der Waals surface area (Å²) >= 11 is 0. The van der Waals surface area contributed by atoms with E-state index in [1.807, 2.05) is 0 Å². The summed E-state index contributed by atoms with van der Waals surface area (Å²) in [5.74, 6) is -3.74. The summed E-state index contributed by atoms with van der Waals surface area (Å²) in [6.07, 6.45) is 13.3. The molecule has 4 nitrogen and oxygen atoms in total. The summed E-state index contributed by atoms with van der Waals surface area (Å²) in [6, 6.07) is 10.8. The van der Waals surface area contributed by atoms with Crippen LogP contribution in [0.1, 0.15) is 86.5 Å². The van der Waals surface area contributed by atoms with Crippen LogP contribution in [0.3, 0.4) is 0 Å². The Morgan fingerprint density at radius 2 is 1.30 bits per heavy atom. The second-order valence-electron chi connectivity index (χ2n) is 6.73. The number of benzene rings is 1. The molecule has 0 aromatic heterocycles. The van der Waals surface area contributed by atoms with Crippen molar-refractivity contribution < 1.29 is 22.7 Å². The summed E-state index contributed by atoms with van der Waals surface area (Å²) in [4.78, 5) is 20.3. The molecule has 27 heavy (non-hydrogen) atoms. The van der Waals surface area contributed by atoms with Crippen LogP contribution < -0.4 is 0 Å². The first-order chi connectivity index (χ1) is 12.5. The predicted molar refractivity (Wildman–Crippen MR) is 114 cm³/mol. The molecule has 0 bridgehead atoms. The first kappa shape index (κ1) is 28.1. The van der Waals surface area contributed by atoms with Crippen molar-refractivity contribution in [3.05, 3.63) is 35.9 Å². The number of aryl methyl sites for hydroxylation is 1. The summed E-state index contributed by atoms with van der Waals surface area (Å²) in [5.41, 5.74) is 1.49. The summed E-state index contributed by atoms with van der Waals surface area (Å²) < 4.78 is 0. The van der Waals surface area contributed by atoms with E-state index >= 15 is 0 Å². The average Bonchev–Trinajstić information content (AvgIpc) is 2.63. The summed E-state index contributed by atoms with van der Waals surface area (Å²) in [5, 5.41) is 16.6. The van der Waals surface area contributed by atoms with Crippen LogP contribution in [-0.2, 0) is 16.0 Å². The minimum atomic E-state index is -1.26. The Balaban J connectivity index is -0.000000213. The Labute approximate surface area is 183 Å².